The number of hydrogen-bond donors (Lipinski definition) is 0. The fraction of sp³-hybridized carbons (Fsp3) is 0.222. The minimum absolute atomic E-state index is 0.190. The van der Waals surface area contributed by atoms with Crippen molar-refractivity contribution in [3.8, 4) is 0 Å². The Bertz CT molecular complexity index is 391. The number of ketones is 2. The first-order valence-electron chi connectivity index (χ1n) is 3.85. The summed E-state index contributed by atoms with van der Waals surface area (Å²) in [5.74, 6) is 1.12. The van der Waals surface area contributed by atoms with E-state index in [0.717, 1.165) is 12.2 Å². The molecule has 0 saturated carbocycles. The van der Waals surface area contributed by atoms with Gasteiger partial charge in [-0.25, -0.2) is 0 Å². The zero-order valence-electron chi connectivity index (χ0n) is 7.50. The standard InChI is InChI=1S/C9H7F3O2S/c1-15(9(10,11)12)5-6-2-3-7(13)8(14)4-6/h2-4H,1,5H2. The smallest absolute Gasteiger partial charge is 0.286 e. The van der Waals surface area contributed by atoms with Crippen molar-refractivity contribution >= 4 is 27.9 Å². The number of halogens is 3. The number of rotatable bonds is 2. The lowest BCUT2D eigenvalue weighted by Gasteiger charge is -2.12. The first-order chi connectivity index (χ1) is 6.80. The largest absolute Gasteiger partial charge is 0.436 e. The van der Waals surface area contributed by atoms with Gasteiger partial charge in [0.2, 0.25) is 11.6 Å². The molecule has 0 spiro atoms. The Hall–Kier alpha value is -1.17. The van der Waals surface area contributed by atoms with Crippen molar-refractivity contribution in [2.45, 2.75) is 5.51 Å². The molecule has 1 atom stereocenters. The molecular weight excluding hydrogens is 229 g/mol. The maximum Gasteiger partial charge on any atom is 0.436 e. The molecule has 0 radical (unpaired) electrons. The lowest BCUT2D eigenvalue weighted by Crippen LogP contribution is -2.14. The third-order valence-corrected chi connectivity index (χ3v) is 3.01. The van der Waals surface area contributed by atoms with Crippen LogP contribution in [0.1, 0.15) is 0 Å². The third kappa shape index (κ3) is 3.16. The van der Waals surface area contributed by atoms with Gasteiger partial charge in [0.05, 0.1) is 0 Å². The van der Waals surface area contributed by atoms with Gasteiger partial charge < -0.3 is 0 Å². The van der Waals surface area contributed by atoms with Crippen molar-refractivity contribution in [1.29, 1.82) is 0 Å². The van der Waals surface area contributed by atoms with E-state index in [1.54, 1.807) is 0 Å². The molecule has 0 N–H and O–H groups in total. The second-order valence-electron chi connectivity index (χ2n) is 2.86. The van der Waals surface area contributed by atoms with Crippen LogP contribution in [0, 0.1) is 0 Å². The first-order valence-corrected chi connectivity index (χ1v) is 5.41. The molecular formula is C9H7F3O2S. The Balaban J connectivity index is 2.74. The Morgan fingerprint density at radius 3 is 2.27 bits per heavy atom. The van der Waals surface area contributed by atoms with E-state index < -0.39 is 27.6 Å². The summed E-state index contributed by atoms with van der Waals surface area (Å²) in [4.78, 5) is 21.6. The van der Waals surface area contributed by atoms with Crippen LogP contribution < -0.4 is 0 Å². The summed E-state index contributed by atoms with van der Waals surface area (Å²) in [6.07, 6.45) is 3.13. The second kappa shape index (κ2) is 4.14. The van der Waals surface area contributed by atoms with Gasteiger partial charge in [0, 0.05) is 5.75 Å². The average molecular weight is 236 g/mol. The van der Waals surface area contributed by atoms with E-state index in [1.807, 2.05) is 0 Å². The van der Waals surface area contributed by atoms with Gasteiger partial charge >= 0.3 is 5.51 Å². The molecule has 82 valence electrons. The van der Waals surface area contributed by atoms with E-state index in [-0.39, 0.29) is 11.3 Å². The molecule has 0 bridgehead atoms. The number of carbonyl (C=O) groups is 2. The van der Waals surface area contributed by atoms with E-state index in [1.165, 1.54) is 6.08 Å². The molecule has 1 rings (SSSR count). The third-order valence-electron chi connectivity index (χ3n) is 1.68. The fourth-order valence-corrected chi connectivity index (χ4v) is 1.67. The van der Waals surface area contributed by atoms with Gasteiger partial charge in [-0.1, -0.05) is 22.4 Å². The minimum Gasteiger partial charge on any atom is -0.286 e. The summed E-state index contributed by atoms with van der Waals surface area (Å²) >= 11 is 0. The summed E-state index contributed by atoms with van der Waals surface area (Å²) in [6.45, 7) is 0. The Morgan fingerprint density at radius 2 is 1.80 bits per heavy atom. The molecule has 1 unspecified atom stereocenters. The van der Waals surface area contributed by atoms with E-state index in [9.17, 15) is 22.8 Å². The zero-order chi connectivity index (χ0) is 11.6. The van der Waals surface area contributed by atoms with Gasteiger partial charge in [0.25, 0.3) is 0 Å². The highest BCUT2D eigenvalue weighted by atomic mass is 32.2. The van der Waals surface area contributed by atoms with Gasteiger partial charge in [-0.05, 0) is 17.7 Å². The molecule has 0 aliphatic heterocycles. The van der Waals surface area contributed by atoms with Crippen molar-refractivity contribution in [3.63, 3.8) is 0 Å². The molecule has 6 heteroatoms. The van der Waals surface area contributed by atoms with E-state index >= 15 is 0 Å². The van der Waals surface area contributed by atoms with Crippen LogP contribution in [0.3, 0.4) is 0 Å². The van der Waals surface area contributed by atoms with Crippen molar-refractivity contribution in [2.24, 2.45) is 0 Å². The molecule has 0 saturated heterocycles. The monoisotopic (exact) mass is 236 g/mol. The molecule has 0 amide bonds. The Labute approximate surface area is 86.4 Å². The quantitative estimate of drug-likeness (QED) is 0.416. The second-order valence-corrected chi connectivity index (χ2v) is 4.60. The normalized spacial score (nSPS) is 19.0. The predicted octanol–water partition coefficient (Wildman–Crippen LogP) is 1.84. The van der Waals surface area contributed by atoms with Crippen LogP contribution in [0.25, 0.3) is 0 Å². The first kappa shape index (κ1) is 11.9. The maximum atomic E-state index is 12.1. The van der Waals surface area contributed by atoms with Crippen LogP contribution in [-0.2, 0) is 9.59 Å². The van der Waals surface area contributed by atoms with Crippen molar-refractivity contribution in [2.75, 3.05) is 5.75 Å². The zero-order valence-corrected chi connectivity index (χ0v) is 8.32. The van der Waals surface area contributed by atoms with Crippen LogP contribution >= 0.6 is 10.5 Å². The molecule has 0 aromatic carbocycles. The number of allylic oxidation sites excluding steroid dienone is 3. The summed E-state index contributed by atoms with van der Waals surface area (Å²) in [6, 6.07) is 0. The Kier molecular flexibility index (Phi) is 3.28. The van der Waals surface area contributed by atoms with Gasteiger partial charge in [0.1, 0.15) is 0 Å². The molecule has 0 aromatic rings. The van der Waals surface area contributed by atoms with Gasteiger partial charge in [-0.3, -0.25) is 9.59 Å². The van der Waals surface area contributed by atoms with E-state index in [2.05, 4.69) is 5.87 Å². The fourth-order valence-electron chi connectivity index (χ4n) is 0.925. The maximum absolute atomic E-state index is 12.1. The number of carbonyl (C=O) groups excluding carboxylic acids is 2. The van der Waals surface area contributed by atoms with Gasteiger partial charge in [0.15, 0.2) is 0 Å². The summed E-state index contributed by atoms with van der Waals surface area (Å²) < 4.78 is 36.4. The van der Waals surface area contributed by atoms with Crippen LogP contribution in [-0.4, -0.2) is 28.7 Å². The van der Waals surface area contributed by atoms with Crippen LogP contribution in [0.5, 0.6) is 0 Å². The average Bonchev–Trinajstić information content (AvgIpc) is 2.10. The van der Waals surface area contributed by atoms with E-state index in [0.29, 0.717) is 0 Å². The topological polar surface area (TPSA) is 34.1 Å². The summed E-state index contributed by atoms with van der Waals surface area (Å²) in [5.41, 5.74) is -4.17. The molecule has 1 aliphatic rings. The minimum atomic E-state index is -4.36. The molecule has 0 heterocycles. The highest BCUT2D eigenvalue weighted by Gasteiger charge is 2.31. The summed E-state index contributed by atoms with van der Waals surface area (Å²) in [5, 5.41) is 0. The van der Waals surface area contributed by atoms with Crippen molar-refractivity contribution in [1.82, 2.24) is 0 Å². The van der Waals surface area contributed by atoms with Gasteiger partial charge in [-0.2, -0.15) is 13.2 Å². The predicted molar refractivity (Wildman–Crippen MR) is 52.9 cm³/mol. The van der Waals surface area contributed by atoms with Crippen LogP contribution in [0.4, 0.5) is 13.2 Å². The van der Waals surface area contributed by atoms with Gasteiger partial charge in [-0.15, -0.1) is 0 Å². The lowest BCUT2D eigenvalue weighted by molar-refractivity contribution is -0.131. The molecule has 15 heavy (non-hydrogen) atoms. The van der Waals surface area contributed by atoms with Crippen LogP contribution in [0.15, 0.2) is 23.8 Å². The lowest BCUT2D eigenvalue weighted by atomic mass is 10.1. The number of alkyl halides is 3. The van der Waals surface area contributed by atoms with E-state index in [4.69, 9.17) is 0 Å². The molecule has 2 nitrogen and oxygen atoms in total. The SMILES string of the molecule is C=S(CC1=CC(=O)C(=O)C=C1)C(F)(F)F. The highest BCUT2D eigenvalue weighted by Crippen LogP contribution is 2.37. The Morgan fingerprint density at radius 1 is 1.20 bits per heavy atom. The highest BCUT2D eigenvalue weighted by molar-refractivity contribution is 8.15. The van der Waals surface area contributed by atoms with Crippen LogP contribution in [0.2, 0.25) is 0 Å². The summed E-state index contributed by atoms with van der Waals surface area (Å²) in [7, 11) is -2.04. The molecule has 0 aromatic heterocycles. The molecule has 0 fully saturated rings. The molecule has 1 aliphatic carbocycles. The van der Waals surface area contributed by atoms with Crippen molar-refractivity contribution < 1.29 is 22.8 Å². The van der Waals surface area contributed by atoms with Crippen molar-refractivity contribution in [3.05, 3.63) is 23.8 Å². The number of hydrogen-bond acceptors (Lipinski definition) is 2.